The van der Waals surface area contributed by atoms with Crippen LogP contribution in [0.5, 0.6) is 0 Å². The van der Waals surface area contributed by atoms with Crippen molar-refractivity contribution in [1.82, 2.24) is 20.3 Å². The molecule has 0 saturated heterocycles. The summed E-state index contributed by atoms with van der Waals surface area (Å²) in [5.41, 5.74) is 3.41. The van der Waals surface area contributed by atoms with Gasteiger partial charge < -0.3 is 5.32 Å². The van der Waals surface area contributed by atoms with E-state index in [1.807, 2.05) is 36.4 Å². The molecular formula is C20H13BrClN5OS. The molecule has 2 N–H and O–H groups in total. The second-order valence-electron chi connectivity index (χ2n) is 6.06. The van der Waals surface area contributed by atoms with E-state index < -0.39 is 0 Å². The van der Waals surface area contributed by atoms with Crippen LogP contribution in [0.2, 0.25) is 5.02 Å². The molecule has 0 atom stereocenters. The fourth-order valence-corrected chi connectivity index (χ4v) is 3.46. The van der Waals surface area contributed by atoms with E-state index >= 15 is 0 Å². The van der Waals surface area contributed by atoms with E-state index in [2.05, 4.69) is 36.8 Å². The number of fused-ring (bicyclic) bond motifs is 1. The number of hydrogen-bond acceptors (Lipinski definition) is 4. The van der Waals surface area contributed by atoms with Crippen LogP contribution in [0.3, 0.4) is 0 Å². The average molecular weight is 487 g/mol. The lowest BCUT2D eigenvalue weighted by atomic mass is 10.2. The summed E-state index contributed by atoms with van der Waals surface area (Å²) in [7, 11) is 0. The van der Waals surface area contributed by atoms with E-state index in [4.69, 9.17) is 23.8 Å². The van der Waals surface area contributed by atoms with Crippen LogP contribution in [0.25, 0.3) is 16.7 Å². The summed E-state index contributed by atoms with van der Waals surface area (Å²) in [6, 6.07) is 19.8. The van der Waals surface area contributed by atoms with Crippen LogP contribution in [-0.2, 0) is 0 Å². The summed E-state index contributed by atoms with van der Waals surface area (Å²) in [5, 5.41) is 15.5. The summed E-state index contributed by atoms with van der Waals surface area (Å²) < 4.78 is 0.695. The van der Waals surface area contributed by atoms with Crippen molar-refractivity contribution in [2.75, 3.05) is 5.32 Å². The number of rotatable bonds is 3. The van der Waals surface area contributed by atoms with Gasteiger partial charge in [0.2, 0.25) is 0 Å². The SMILES string of the molecule is O=C(NC(=S)Nc1ccc2nn(-c3ccc(Cl)cc3)nc2c1)c1ccccc1Br. The third-order valence-corrected chi connectivity index (χ3v) is 5.19. The fourth-order valence-electron chi connectivity index (χ4n) is 2.66. The Bertz CT molecular complexity index is 1230. The van der Waals surface area contributed by atoms with Crippen LogP contribution >= 0.6 is 39.7 Å². The van der Waals surface area contributed by atoms with Crippen molar-refractivity contribution in [1.29, 1.82) is 0 Å². The zero-order chi connectivity index (χ0) is 20.4. The molecule has 4 rings (SSSR count). The van der Waals surface area contributed by atoms with E-state index in [9.17, 15) is 4.79 Å². The van der Waals surface area contributed by atoms with Gasteiger partial charge in [-0.2, -0.15) is 4.80 Å². The Morgan fingerprint density at radius 2 is 1.72 bits per heavy atom. The van der Waals surface area contributed by atoms with E-state index in [0.29, 0.717) is 26.3 Å². The van der Waals surface area contributed by atoms with Crippen LogP contribution in [-0.4, -0.2) is 26.0 Å². The van der Waals surface area contributed by atoms with Gasteiger partial charge in [-0.05, 0) is 82.7 Å². The molecule has 1 heterocycles. The molecule has 1 aromatic heterocycles. The molecule has 0 aliphatic carbocycles. The lowest BCUT2D eigenvalue weighted by Crippen LogP contribution is -2.34. The highest BCUT2D eigenvalue weighted by atomic mass is 79.9. The number of nitrogens with zero attached hydrogens (tertiary/aromatic N) is 3. The number of halogens is 2. The highest BCUT2D eigenvalue weighted by Gasteiger charge is 2.12. The molecule has 0 radical (unpaired) electrons. The molecule has 0 bridgehead atoms. The normalized spacial score (nSPS) is 10.7. The lowest BCUT2D eigenvalue weighted by molar-refractivity contribution is 0.0977. The molecule has 144 valence electrons. The molecular weight excluding hydrogens is 474 g/mol. The minimum Gasteiger partial charge on any atom is -0.332 e. The van der Waals surface area contributed by atoms with E-state index in [0.717, 1.165) is 11.2 Å². The molecule has 0 saturated carbocycles. The average Bonchev–Trinajstić information content (AvgIpc) is 3.12. The van der Waals surface area contributed by atoms with Gasteiger partial charge in [-0.3, -0.25) is 10.1 Å². The maximum Gasteiger partial charge on any atom is 0.258 e. The first-order valence-corrected chi connectivity index (χ1v) is 10.1. The smallest absolute Gasteiger partial charge is 0.258 e. The maximum atomic E-state index is 12.4. The number of amides is 1. The summed E-state index contributed by atoms with van der Waals surface area (Å²) in [6.45, 7) is 0. The van der Waals surface area contributed by atoms with E-state index in [1.54, 1.807) is 30.3 Å². The van der Waals surface area contributed by atoms with Crippen molar-refractivity contribution in [3.63, 3.8) is 0 Å². The summed E-state index contributed by atoms with van der Waals surface area (Å²) in [6.07, 6.45) is 0. The van der Waals surface area contributed by atoms with Gasteiger partial charge in [0.25, 0.3) is 5.91 Å². The minimum absolute atomic E-state index is 0.190. The van der Waals surface area contributed by atoms with Crippen molar-refractivity contribution in [3.8, 4) is 5.69 Å². The Hall–Kier alpha value is -2.81. The van der Waals surface area contributed by atoms with Gasteiger partial charge >= 0.3 is 0 Å². The number of carbonyl (C=O) groups is 1. The summed E-state index contributed by atoms with van der Waals surface area (Å²) in [5.74, 6) is -0.301. The second-order valence-corrected chi connectivity index (χ2v) is 7.76. The third kappa shape index (κ3) is 4.45. The van der Waals surface area contributed by atoms with Crippen molar-refractivity contribution < 1.29 is 4.79 Å². The van der Waals surface area contributed by atoms with Crippen molar-refractivity contribution >= 4 is 67.5 Å². The molecule has 29 heavy (non-hydrogen) atoms. The molecule has 0 spiro atoms. The molecule has 0 aliphatic heterocycles. The molecule has 1 amide bonds. The van der Waals surface area contributed by atoms with E-state index in [1.165, 1.54) is 4.80 Å². The molecule has 0 unspecified atom stereocenters. The molecule has 9 heteroatoms. The molecule has 0 fully saturated rings. The Morgan fingerprint density at radius 1 is 1.00 bits per heavy atom. The zero-order valence-corrected chi connectivity index (χ0v) is 17.9. The largest absolute Gasteiger partial charge is 0.332 e. The van der Waals surface area contributed by atoms with Gasteiger partial charge in [0, 0.05) is 15.2 Å². The Balaban J connectivity index is 1.49. The monoisotopic (exact) mass is 485 g/mol. The minimum atomic E-state index is -0.301. The number of carbonyl (C=O) groups excluding carboxylic acids is 1. The van der Waals surface area contributed by atoms with Gasteiger partial charge in [0.15, 0.2) is 5.11 Å². The molecule has 4 aromatic rings. The van der Waals surface area contributed by atoms with E-state index in [-0.39, 0.29) is 11.0 Å². The lowest BCUT2D eigenvalue weighted by Gasteiger charge is -2.10. The van der Waals surface area contributed by atoms with Crippen LogP contribution in [0, 0.1) is 0 Å². The first-order valence-electron chi connectivity index (χ1n) is 8.49. The predicted octanol–water partition coefficient (Wildman–Crippen LogP) is 4.96. The van der Waals surface area contributed by atoms with Crippen LogP contribution < -0.4 is 10.6 Å². The maximum absolute atomic E-state index is 12.4. The summed E-state index contributed by atoms with van der Waals surface area (Å²) in [4.78, 5) is 13.9. The summed E-state index contributed by atoms with van der Waals surface area (Å²) >= 11 is 14.5. The fraction of sp³-hybridized carbons (Fsp3) is 0. The molecule has 6 nitrogen and oxygen atoms in total. The van der Waals surface area contributed by atoms with Crippen LogP contribution in [0.15, 0.2) is 71.2 Å². The Labute approximate surface area is 185 Å². The first-order chi connectivity index (χ1) is 14.0. The van der Waals surface area contributed by atoms with Crippen molar-refractivity contribution in [3.05, 3.63) is 81.8 Å². The van der Waals surface area contributed by atoms with Gasteiger partial charge in [-0.15, -0.1) is 10.2 Å². The standard InChI is InChI=1S/C20H13BrClN5OS/c21-16-4-2-1-3-15(16)19(28)24-20(29)23-13-7-10-17-18(11-13)26-27(25-17)14-8-5-12(22)6-9-14/h1-11H,(H2,23,24,28,29). The number of hydrogen-bond donors (Lipinski definition) is 2. The predicted molar refractivity (Wildman–Crippen MR) is 122 cm³/mol. The number of aromatic nitrogens is 3. The first kappa shape index (κ1) is 19.5. The van der Waals surface area contributed by atoms with Crippen molar-refractivity contribution in [2.45, 2.75) is 0 Å². The Morgan fingerprint density at radius 3 is 2.48 bits per heavy atom. The molecule has 0 aliphatic rings. The van der Waals surface area contributed by atoms with Gasteiger partial charge in [0.1, 0.15) is 11.0 Å². The van der Waals surface area contributed by atoms with Crippen LogP contribution in [0.4, 0.5) is 5.69 Å². The quantitative estimate of drug-likeness (QED) is 0.400. The van der Waals surface area contributed by atoms with Crippen molar-refractivity contribution in [2.24, 2.45) is 0 Å². The Kier molecular flexibility index (Phi) is 5.57. The number of nitrogens with one attached hydrogen (secondary N) is 2. The number of thiocarbonyl (C=S) groups is 1. The number of benzene rings is 3. The number of anilines is 1. The zero-order valence-electron chi connectivity index (χ0n) is 14.8. The van der Waals surface area contributed by atoms with Gasteiger partial charge in [-0.1, -0.05) is 23.7 Å². The van der Waals surface area contributed by atoms with Crippen LogP contribution in [0.1, 0.15) is 10.4 Å². The highest BCUT2D eigenvalue weighted by molar-refractivity contribution is 9.10. The topological polar surface area (TPSA) is 71.8 Å². The highest BCUT2D eigenvalue weighted by Crippen LogP contribution is 2.19. The second kappa shape index (κ2) is 8.28. The molecule has 3 aromatic carbocycles. The third-order valence-electron chi connectivity index (χ3n) is 4.04. The van der Waals surface area contributed by atoms with Gasteiger partial charge in [-0.25, -0.2) is 0 Å². The van der Waals surface area contributed by atoms with Gasteiger partial charge in [0.05, 0.1) is 11.3 Å².